The van der Waals surface area contributed by atoms with Gasteiger partial charge in [-0.25, -0.2) is 0 Å². The Labute approximate surface area is 111 Å². The van der Waals surface area contributed by atoms with Crippen LogP contribution in [0.15, 0.2) is 24.3 Å². The van der Waals surface area contributed by atoms with Crippen LogP contribution in [0.25, 0.3) is 0 Å². The fraction of sp³-hybridized carbons (Fsp3) is 0.562. The Hall–Kier alpha value is -1.31. The molecule has 1 amide bonds. The molecule has 0 bridgehead atoms. The van der Waals surface area contributed by atoms with Gasteiger partial charge in [0.15, 0.2) is 0 Å². The highest BCUT2D eigenvalue weighted by Gasteiger charge is 2.27. The van der Waals surface area contributed by atoms with Crippen LogP contribution >= 0.6 is 0 Å². The Morgan fingerprint density at radius 2 is 1.56 bits per heavy atom. The van der Waals surface area contributed by atoms with Gasteiger partial charge < -0.3 is 5.32 Å². The lowest BCUT2D eigenvalue weighted by Gasteiger charge is -2.33. The Balaban J connectivity index is 2.72. The summed E-state index contributed by atoms with van der Waals surface area (Å²) < 4.78 is 0. The van der Waals surface area contributed by atoms with E-state index in [1.54, 1.807) is 0 Å². The van der Waals surface area contributed by atoms with Gasteiger partial charge in [-0.1, -0.05) is 38.5 Å². The van der Waals surface area contributed by atoms with Gasteiger partial charge in [-0.05, 0) is 44.7 Å². The van der Waals surface area contributed by atoms with Gasteiger partial charge in [0.1, 0.15) is 0 Å². The quantitative estimate of drug-likeness (QED) is 0.861. The predicted octanol–water partition coefficient (Wildman–Crippen LogP) is 3.94. The van der Waals surface area contributed by atoms with E-state index < -0.39 is 0 Å². The first-order chi connectivity index (χ1) is 8.09. The number of hydrogen-bond donors (Lipinski definition) is 1. The minimum absolute atomic E-state index is 0.00394. The van der Waals surface area contributed by atoms with E-state index in [1.165, 1.54) is 5.56 Å². The highest BCUT2D eigenvalue weighted by atomic mass is 16.1. The number of benzene rings is 1. The molecule has 0 fully saturated rings. The molecule has 1 aromatic carbocycles. The molecule has 0 unspecified atom stereocenters. The summed E-state index contributed by atoms with van der Waals surface area (Å²) in [4.78, 5) is 12.1. The van der Waals surface area contributed by atoms with Crippen LogP contribution in [0.1, 0.15) is 57.0 Å². The van der Waals surface area contributed by atoms with E-state index in [4.69, 9.17) is 0 Å². The smallest absolute Gasteiger partial charge is 0.251 e. The summed E-state index contributed by atoms with van der Waals surface area (Å²) in [6.07, 6.45) is 0.942. The van der Waals surface area contributed by atoms with Crippen molar-refractivity contribution in [3.05, 3.63) is 35.4 Å². The summed E-state index contributed by atoms with van der Waals surface area (Å²) in [5.41, 5.74) is 1.90. The first-order valence-electron chi connectivity index (χ1n) is 6.48. The Morgan fingerprint density at radius 3 is 2.00 bits per heavy atom. The largest absolute Gasteiger partial charge is 0.347 e. The van der Waals surface area contributed by atoms with Crippen LogP contribution in [-0.4, -0.2) is 11.4 Å². The maximum atomic E-state index is 12.1. The van der Waals surface area contributed by atoms with Crippen LogP contribution < -0.4 is 5.32 Å². The van der Waals surface area contributed by atoms with Crippen LogP contribution in [0.5, 0.6) is 0 Å². The molecule has 0 spiro atoms. The lowest BCUT2D eigenvalue weighted by molar-refractivity contribution is 0.0891. The molecule has 1 N–H and O–H groups in total. The van der Waals surface area contributed by atoms with E-state index in [-0.39, 0.29) is 16.9 Å². The van der Waals surface area contributed by atoms with E-state index in [0.717, 1.165) is 12.0 Å². The van der Waals surface area contributed by atoms with E-state index in [0.29, 0.717) is 0 Å². The zero-order chi connectivity index (χ0) is 14.0. The van der Waals surface area contributed by atoms with Crippen molar-refractivity contribution in [3.63, 3.8) is 0 Å². The third kappa shape index (κ3) is 4.91. The normalized spacial score (nSPS) is 12.3. The molecule has 0 aromatic heterocycles. The van der Waals surface area contributed by atoms with Gasteiger partial charge in [-0.2, -0.15) is 0 Å². The standard InChI is InChI=1S/C16H25NO/c1-12-7-9-13(10-8-12)14(18)17-16(5,6)11-15(2,3)4/h7-10H,11H2,1-6H3,(H,17,18). The molecule has 0 radical (unpaired) electrons. The van der Waals surface area contributed by atoms with Gasteiger partial charge in [-0.15, -0.1) is 0 Å². The van der Waals surface area contributed by atoms with E-state index >= 15 is 0 Å². The lowest BCUT2D eigenvalue weighted by atomic mass is 9.81. The molecule has 0 saturated carbocycles. The van der Waals surface area contributed by atoms with Crippen molar-refractivity contribution in [2.24, 2.45) is 5.41 Å². The molecular formula is C16H25NO. The molecule has 1 aromatic rings. The summed E-state index contributed by atoms with van der Waals surface area (Å²) in [5.74, 6) is 0.00394. The van der Waals surface area contributed by atoms with E-state index in [1.807, 2.05) is 31.2 Å². The minimum atomic E-state index is -0.194. The molecule has 100 valence electrons. The van der Waals surface area contributed by atoms with Crippen LogP contribution in [0.4, 0.5) is 0 Å². The maximum absolute atomic E-state index is 12.1. The summed E-state index contributed by atoms with van der Waals surface area (Å²) in [5, 5.41) is 3.11. The maximum Gasteiger partial charge on any atom is 0.251 e. The number of nitrogens with one attached hydrogen (secondary N) is 1. The lowest BCUT2D eigenvalue weighted by Crippen LogP contribution is -2.45. The van der Waals surface area contributed by atoms with Gasteiger partial charge in [0.2, 0.25) is 0 Å². The Kier molecular flexibility index (Phi) is 4.20. The van der Waals surface area contributed by atoms with Crippen molar-refractivity contribution in [3.8, 4) is 0 Å². The zero-order valence-corrected chi connectivity index (χ0v) is 12.4. The summed E-state index contributed by atoms with van der Waals surface area (Å²) >= 11 is 0. The van der Waals surface area contributed by atoms with Crippen LogP contribution in [0.2, 0.25) is 0 Å². The number of amides is 1. The molecule has 0 heterocycles. The van der Waals surface area contributed by atoms with E-state index in [9.17, 15) is 4.79 Å². The molecule has 0 saturated heterocycles. The molecule has 0 aliphatic carbocycles. The van der Waals surface area contributed by atoms with Gasteiger partial charge in [-0.3, -0.25) is 4.79 Å². The minimum Gasteiger partial charge on any atom is -0.347 e. The molecule has 0 atom stereocenters. The number of carbonyl (C=O) groups excluding carboxylic acids is 1. The van der Waals surface area contributed by atoms with Crippen molar-refractivity contribution < 1.29 is 4.79 Å². The summed E-state index contributed by atoms with van der Waals surface area (Å²) in [7, 11) is 0. The molecule has 2 nitrogen and oxygen atoms in total. The van der Waals surface area contributed by atoms with Crippen molar-refractivity contribution in [2.75, 3.05) is 0 Å². The van der Waals surface area contributed by atoms with Crippen molar-refractivity contribution in [1.29, 1.82) is 0 Å². The molecule has 2 heteroatoms. The molecular weight excluding hydrogens is 222 g/mol. The van der Waals surface area contributed by atoms with Crippen molar-refractivity contribution in [2.45, 2.75) is 53.5 Å². The number of rotatable bonds is 3. The predicted molar refractivity (Wildman–Crippen MR) is 76.8 cm³/mol. The highest BCUT2D eigenvalue weighted by molar-refractivity contribution is 5.94. The van der Waals surface area contributed by atoms with Crippen LogP contribution in [0.3, 0.4) is 0 Å². The fourth-order valence-corrected chi connectivity index (χ4v) is 2.45. The van der Waals surface area contributed by atoms with Crippen molar-refractivity contribution >= 4 is 5.91 Å². The second-order valence-electron chi connectivity index (χ2n) is 6.94. The van der Waals surface area contributed by atoms with Gasteiger partial charge in [0, 0.05) is 11.1 Å². The third-order valence-electron chi connectivity index (χ3n) is 2.74. The Bertz CT molecular complexity index is 410. The highest BCUT2D eigenvalue weighted by Crippen LogP contribution is 2.27. The first-order valence-corrected chi connectivity index (χ1v) is 6.48. The summed E-state index contributed by atoms with van der Waals surface area (Å²) in [6.45, 7) is 12.7. The van der Waals surface area contributed by atoms with E-state index in [2.05, 4.69) is 39.9 Å². The average Bonchev–Trinajstić information content (AvgIpc) is 2.13. The molecule has 18 heavy (non-hydrogen) atoms. The number of hydrogen-bond acceptors (Lipinski definition) is 1. The third-order valence-corrected chi connectivity index (χ3v) is 2.74. The topological polar surface area (TPSA) is 29.1 Å². The summed E-state index contributed by atoms with van der Waals surface area (Å²) in [6, 6.07) is 7.67. The van der Waals surface area contributed by atoms with Crippen LogP contribution in [0, 0.1) is 12.3 Å². The van der Waals surface area contributed by atoms with Gasteiger partial charge in [0.25, 0.3) is 5.91 Å². The number of aryl methyl sites for hydroxylation is 1. The molecule has 0 aliphatic rings. The second-order valence-corrected chi connectivity index (χ2v) is 6.94. The zero-order valence-electron chi connectivity index (χ0n) is 12.4. The van der Waals surface area contributed by atoms with Crippen molar-refractivity contribution in [1.82, 2.24) is 5.32 Å². The van der Waals surface area contributed by atoms with Gasteiger partial charge in [0.05, 0.1) is 0 Å². The van der Waals surface area contributed by atoms with Crippen LogP contribution in [-0.2, 0) is 0 Å². The fourth-order valence-electron chi connectivity index (χ4n) is 2.45. The average molecular weight is 247 g/mol. The molecule has 1 rings (SSSR count). The SMILES string of the molecule is Cc1ccc(C(=O)NC(C)(C)CC(C)(C)C)cc1. The second kappa shape index (κ2) is 5.13. The van der Waals surface area contributed by atoms with Gasteiger partial charge >= 0.3 is 0 Å². The monoisotopic (exact) mass is 247 g/mol. The Morgan fingerprint density at radius 1 is 1.06 bits per heavy atom. The first kappa shape index (κ1) is 14.7. The molecule has 0 aliphatic heterocycles. The number of carbonyl (C=O) groups is 1.